The zero-order valence-electron chi connectivity index (χ0n) is 22.2. The first-order chi connectivity index (χ1) is 21.6. The SMILES string of the molecule is O=C(CBr)NC(=O)[C@]1(C(F)(F)F)OC(=O)Nc2ccc(Cl)cc21.O=C(Cl)CBr.O=C1Nc2ccc(Cl)cc2[C@@](C(=O)O)(C(F)(F)F)O1. The molecule has 2 atom stereocenters. The standard InChI is InChI=1S/C12H7BrClF3N2O4.C10H5ClF3NO4.C2H2BrClO/c13-4-8(20)19-9(21)11(12(15,16)17)6-3-5(14)1-2-7(6)18-10(22)23-11;11-4-1-2-6-5(3-4)9(7(16)17,10(12,13)14)19-8(18)15-6;3-1-2(4)5/h1-3H,4H2,(H,18,22)(H,19,20,21);1-3H,(H,15,18)(H,16,17);1H2/t11-;9-;/m11./s1. The van der Waals surface area contributed by atoms with Gasteiger partial charge in [0.05, 0.1) is 22.0 Å². The Balaban J connectivity index is 0.000000290. The predicted octanol–water partition coefficient (Wildman–Crippen LogP) is 6.59. The topological polar surface area (TPSA) is 177 Å². The van der Waals surface area contributed by atoms with Crippen molar-refractivity contribution in [1.82, 2.24) is 5.32 Å². The number of anilines is 2. The van der Waals surface area contributed by atoms with Crippen molar-refractivity contribution in [2.45, 2.75) is 23.6 Å². The van der Waals surface area contributed by atoms with E-state index in [2.05, 4.69) is 41.3 Å². The van der Waals surface area contributed by atoms with Crippen LogP contribution in [0.15, 0.2) is 36.4 Å². The van der Waals surface area contributed by atoms with E-state index in [-0.39, 0.29) is 32.0 Å². The van der Waals surface area contributed by atoms with Gasteiger partial charge in [-0.15, -0.1) is 0 Å². The van der Waals surface area contributed by atoms with Crippen LogP contribution in [0.25, 0.3) is 0 Å². The molecule has 2 aromatic carbocycles. The minimum absolute atomic E-state index is 0.114. The van der Waals surface area contributed by atoms with Crippen molar-refractivity contribution in [3.05, 3.63) is 57.6 Å². The van der Waals surface area contributed by atoms with Gasteiger partial charge in [-0.2, -0.15) is 26.3 Å². The van der Waals surface area contributed by atoms with Crippen LogP contribution >= 0.6 is 66.7 Å². The summed E-state index contributed by atoms with van der Waals surface area (Å²) in [6.45, 7) is 0. The van der Waals surface area contributed by atoms with Crippen molar-refractivity contribution in [1.29, 1.82) is 0 Å². The van der Waals surface area contributed by atoms with Crippen LogP contribution in [-0.4, -0.2) is 63.3 Å². The number of carboxylic acids is 1. The average Bonchev–Trinajstić information content (AvgIpc) is 2.95. The molecule has 0 fully saturated rings. The van der Waals surface area contributed by atoms with Crippen LogP contribution in [0.5, 0.6) is 0 Å². The molecule has 0 saturated carbocycles. The van der Waals surface area contributed by atoms with Gasteiger partial charge in [-0.1, -0.05) is 55.1 Å². The summed E-state index contributed by atoms with van der Waals surface area (Å²) in [5.41, 5.74) is -9.58. The molecule has 0 unspecified atom stereocenters. The van der Waals surface area contributed by atoms with Gasteiger partial charge in [-0.3, -0.25) is 30.3 Å². The number of amides is 4. The van der Waals surface area contributed by atoms with E-state index < -0.39 is 70.0 Å². The molecule has 23 heteroatoms. The van der Waals surface area contributed by atoms with Gasteiger partial charge < -0.3 is 14.6 Å². The highest BCUT2D eigenvalue weighted by Crippen LogP contribution is 2.49. The molecule has 4 amide bonds. The Morgan fingerprint density at radius 1 is 0.787 bits per heavy atom. The number of cyclic esters (lactones) is 2. The van der Waals surface area contributed by atoms with Gasteiger partial charge in [0.25, 0.3) is 5.91 Å². The normalized spacial score (nSPS) is 19.6. The van der Waals surface area contributed by atoms with E-state index in [9.17, 15) is 55.1 Å². The van der Waals surface area contributed by atoms with Crippen LogP contribution < -0.4 is 16.0 Å². The Bertz CT molecular complexity index is 1620. The first kappa shape index (κ1) is 39.8. The third-order valence-electron chi connectivity index (χ3n) is 5.59. The fourth-order valence-corrected chi connectivity index (χ4v) is 4.22. The number of aliphatic carboxylic acids is 1. The summed E-state index contributed by atoms with van der Waals surface area (Å²) in [5, 5.41) is 13.7. The maximum absolute atomic E-state index is 13.7. The number of rotatable bonds is 4. The smallest absolute Gasteiger partial charge is 0.444 e. The molecule has 0 bridgehead atoms. The highest BCUT2D eigenvalue weighted by Gasteiger charge is 2.69. The van der Waals surface area contributed by atoms with Gasteiger partial charge in [0.2, 0.25) is 11.1 Å². The summed E-state index contributed by atoms with van der Waals surface area (Å²) in [5.74, 6) is -5.22. The number of carboxylic acid groups (broad SMARTS) is 1. The van der Waals surface area contributed by atoms with Crippen molar-refractivity contribution < 1.29 is 69.7 Å². The number of fused-ring (bicyclic) bond motifs is 2. The summed E-state index contributed by atoms with van der Waals surface area (Å²) in [6, 6.07) is 6.24. The van der Waals surface area contributed by atoms with E-state index in [4.69, 9.17) is 39.9 Å². The maximum atomic E-state index is 13.7. The number of hydrogen-bond acceptors (Lipinski definition) is 8. The minimum Gasteiger partial charge on any atom is -0.478 e. The van der Waals surface area contributed by atoms with Crippen LogP contribution in [0, 0.1) is 0 Å². The number of hydrogen-bond donors (Lipinski definition) is 4. The molecule has 47 heavy (non-hydrogen) atoms. The molecule has 0 spiro atoms. The number of carbonyl (C=O) groups excluding carboxylic acids is 5. The fraction of sp³-hybridized carbons (Fsp3) is 0.250. The molecule has 2 aliphatic rings. The van der Waals surface area contributed by atoms with Gasteiger partial charge >= 0.3 is 41.7 Å². The molecular formula is C24H14Br2Cl3F6N3O9. The third-order valence-corrected chi connectivity index (χ3v) is 7.53. The van der Waals surface area contributed by atoms with Crippen molar-refractivity contribution in [3.8, 4) is 0 Å². The summed E-state index contributed by atoms with van der Waals surface area (Å²) in [4.78, 5) is 66.6. The van der Waals surface area contributed by atoms with Crippen molar-refractivity contribution >= 4 is 113 Å². The molecule has 12 nitrogen and oxygen atoms in total. The Hall–Kier alpha value is -3.33. The van der Waals surface area contributed by atoms with Crippen LogP contribution in [0.4, 0.5) is 47.3 Å². The second kappa shape index (κ2) is 15.3. The molecule has 2 aliphatic heterocycles. The number of alkyl halides is 8. The first-order valence-electron chi connectivity index (χ1n) is 11.7. The van der Waals surface area contributed by atoms with Gasteiger partial charge in [-0.25, -0.2) is 14.4 Å². The van der Waals surface area contributed by atoms with Gasteiger partial charge in [0.15, 0.2) is 0 Å². The molecule has 4 rings (SSSR count). The number of imide groups is 1. The van der Waals surface area contributed by atoms with E-state index in [1.165, 1.54) is 17.4 Å². The van der Waals surface area contributed by atoms with Crippen LogP contribution in [-0.2, 0) is 39.9 Å². The summed E-state index contributed by atoms with van der Waals surface area (Å²) >= 11 is 21.6. The quantitative estimate of drug-likeness (QED) is 0.150. The Labute approximate surface area is 289 Å². The van der Waals surface area contributed by atoms with Gasteiger partial charge in [-0.05, 0) is 48.0 Å². The number of ether oxygens (including phenoxy) is 2. The third kappa shape index (κ3) is 8.59. The second-order valence-corrected chi connectivity index (χ2v) is 11.0. The first-order valence-corrected chi connectivity index (χ1v) is 15.1. The molecule has 256 valence electrons. The lowest BCUT2D eigenvalue weighted by molar-refractivity contribution is -0.263. The summed E-state index contributed by atoms with van der Waals surface area (Å²) < 4.78 is 88.6. The zero-order chi connectivity index (χ0) is 36.1. The van der Waals surface area contributed by atoms with E-state index in [1.54, 1.807) is 0 Å². The lowest BCUT2D eigenvalue weighted by atomic mass is 9.89. The fourth-order valence-electron chi connectivity index (χ4n) is 3.74. The van der Waals surface area contributed by atoms with Crippen molar-refractivity contribution in [2.24, 2.45) is 0 Å². The number of benzene rings is 2. The lowest BCUT2D eigenvalue weighted by Crippen LogP contribution is -2.60. The minimum atomic E-state index is -5.34. The second-order valence-electron chi connectivity index (χ2n) is 8.57. The molecule has 2 aromatic rings. The molecule has 2 heterocycles. The molecular weight excluding hydrogens is 854 g/mol. The summed E-state index contributed by atoms with van der Waals surface area (Å²) in [6.07, 6.45) is -13.7. The van der Waals surface area contributed by atoms with Crippen molar-refractivity contribution in [3.63, 3.8) is 0 Å². The molecule has 0 saturated heterocycles. The van der Waals surface area contributed by atoms with E-state index in [0.717, 1.165) is 24.3 Å². The maximum Gasteiger partial charge on any atom is 0.444 e. The highest BCUT2D eigenvalue weighted by molar-refractivity contribution is 9.09. The zero-order valence-corrected chi connectivity index (χ0v) is 27.7. The van der Waals surface area contributed by atoms with E-state index in [1.807, 2.05) is 10.6 Å². The summed E-state index contributed by atoms with van der Waals surface area (Å²) in [7, 11) is 0. The van der Waals surface area contributed by atoms with E-state index in [0.29, 0.717) is 0 Å². The highest BCUT2D eigenvalue weighted by atomic mass is 79.9. The Morgan fingerprint density at radius 2 is 1.17 bits per heavy atom. The molecule has 0 radical (unpaired) electrons. The van der Waals surface area contributed by atoms with E-state index >= 15 is 0 Å². The molecule has 0 aromatic heterocycles. The molecule has 4 N–H and O–H groups in total. The van der Waals surface area contributed by atoms with Crippen LogP contribution in [0.1, 0.15) is 11.1 Å². The largest absolute Gasteiger partial charge is 0.478 e. The number of nitrogens with one attached hydrogen (secondary N) is 3. The lowest BCUT2D eigenvalue weighted by Gasteiger charge is -2.37. The van der Waals surface area contributed by atoms with Crippen LogP contribution in [0.2, 0.25) is 10.0 Å². The predicted molar refractivity (Wildman–Crippen MR) is 158 cm³/mol. The average molecular weight is 869 g/mol. The monoisotopic (exact) mass is 865 g/mol. The Kier molecular flexibility index (Phi) is 12.9. The Morgan fingerprint density at radius 3 is 1.51 bits per heavy atom. The van der Waals surface area contributed by atoms with Crippen molar-refractivity contribution in [2.75, 3.05) is 21.3 Å². The number of carbonyl (C=O) groups is 6. The molecule has 0 aliphatic carbocycles. The van der Waals surface area contributed by atoms with Gasteiger partial charge in [0, 0.05) is 21.2 Å². The van der Waals surface area contributed by atoms with Gasteiger partial charge in [0.1, 0.15) is 0 Å². The number of halogens is 11. The van der Waals surface area contributed by atoms with Crippen LogP contribution in [0.3, 0.4) is 0 Å².